The van der Waals surface area contributed by atoms with Gasteiger partial charge in [-0.15, -0.1) is 4.00 Å². The van der Waals surface area contributed by atoms with E-state index in [0.717, 1.165) is 4.42 Å². The van der Waals surface area contributed by atoms with Crippen LogP contribution in [0, 0.1) is 0 Å². The summed E-state index contributed by atoms with van der Waals surface area (Å²) in [6.45, 7) is 0. The molecule has 0 radical (unpaired) electrons. The molecule has 1 aromatic rings. The third-order valence-corrected chi connectivity index (χ3v) is 2.09. The topological polar surface area (TPSA) is 20.3 Å². The van der Waals surface area contributed by atoms with E-state index >= 15 is 0 Å². The highest BCUT2D eigenvalue weighted by atomic mass is 35.5. The maximum Gasteiger partial charge on any atom is 0.455 e. The lowest BCUT2D eigenvalue weighted by atomic mass is 10.3. The summed E-state index contributed by atoms with van der Waals surface area (Å²) in [4.78, 5) is 11.6. The van der Waals surface area contributed by atoms with Crippen molar-refractivity contribution in [3.8, 4) is 0 Å². The second-order valence-electron chi connectivity index (χ2n) is 3.22. The molecule has 1 aromatic carbocycles. The van der Waals surface area contributed by atoms with Crippen LogP contribution in [0.4, 0.5) is 10.5 Å². The first kappa shape index (κ1) is 11.3. The molecule has 0 saturated heterocycles. The highest BCUT2D eigenvalue weighted by Gasteiger charge is 2.31. The fraction of sp³-hybridized carbons (Fsp3) is 0.222. The predicted molar refractivity (Wildman–Crippen MR) is 58.1 cm³/mol. The van der Waals surface area contributed by atoms with Gasteiger partial charge in [0, 0.05) is 11.8 Å². The number of halogens is 2. The number of para-hydroxylation sites is 1. The van der Waals surface area contributed by atoms with E-state index in [-0.39, 0.29) is 4.00 Å². The van der Waals surface area contributed by atoms with Crippen LogP contribution in [0.25, 0.3) is 0 Å². The zero-order valence-electron chi connectivity index (χ0n) is 7.95. The number of urea groups is 1. The molecular weight excluding hydrogens is 223 g/mol. The summed E-state index contributed by atoms with van der Waals surface area (Å²) in [5.74, 6) is 0. The van der Waals surface area contributed by atoms with E-state index in [0.29, 0.717) is 5.69 Å². The molecule has 2 amide bonds. The van der Waals surface area contributed by atoms with Gasteiger partial charge in [-0.05, 0) is 12.1 Å². The average molecular weight is 234 g/mol. The van der Waals surface area contributed by atoms with Gasteiger partial charge >= 0.3 is 6.03 Å². The molecule has 0 N–H and O–H groups in total. The Hall–Kier alpha value is -0.770. The predicted octanol–water partition coefficient (Wildman–Crippen LogP) is 3.00. The Morgan fingerprint density at radius 2 is 1.79 bits per heavy atom. The standard InChI is InChI=1S/C9H11Cl2N2O/c1-13(2,11)9(14)12(10)8-6-4-3-5-7-8/h3-7H,1-2H3/q+1. The number of hydrogen-bond acceptors (Lipinski definition) is 1. The molecule has 0 aliphatic carbocycles. The van der Waals surface area contributed by atoms with Gasteiger partial charge in [0.05, 0.1) is 19.8 Å². The minimum atomic E-state index is -0.403. The average Bonchev–Trinajstić information content (AvgIpc) is 2.15. The van der Waals surface area contributed by atoms with Crippen molar-refractivity contribution < 1.29 is 8.80 Å². The zero-order valence-corrected chi connectivity index (χ0v) is 9.46. The lowest BCUT2D eigenvalue weighted by Crippen LogP contribution is -2.42. The van der Waals surface area contributed by atoms with Crippen LogP contribution in [-0.4, -0.2) is 24.1 Å². The molecule has 1 rings (SSSR count). The molecule has 0 bridgehead atoms. The largest absolute Gasteiger partial charge is 0.455 e. The summed E-state index contributed by atoms with van der Waals surface area (Å²) < 4.78 is 0.644. The Kier molecular flexibility index (Phi) is 3.37. The van der Waals surface area contributed by atoms with Crippen LogP contribution < -0.4 is 4.42 Å². The van der Waals surface area contributed by atoms with Crippen molar-refractivity contribution >= 4 is 35.3 Å². The van der Waals surface area contributed by atoms with Gasteiger partial charge in [-0.2, -0.15) is 4.42 Å². The third kappa shape index (κ3) is 2.61. The minimum absolute atomic E-state index is 0.363. The van der Waals surface area contributed by atoms with Gasteiger partial charge in [-0.3, -0.25) is 0 Å². The van der Waals surface area contributed by atoms with Crippen LogP contribution in [-0.2, 0) is 0 Å². The summed E-state index contributed by atoms with van der Waals surface area (Å²) in [6.07, 6.45) is 0. The molecule has 0 aromatic heterocycles. The van der Waals surface area contributed by atoms with Gasteiger partial charge < -0.3 is 0 Å². The first-order valence-electron chi connectivity index (χ1n) is 4.02. The van der Waals surface area contributed by atoms with E-state index in [1.165, 1.54) is 0 Å². The lowest BCUT2D eigenvalue weighted by molar-refractivity contribution is -0.679. The van der Waals surface area contributed by atoms with E-state index in [1.54, 1.807) is 38.4 Å². The molecule has 0 aliphatic heterocycles. The lowest BCUT2D eigenvalue weighted by Gasteiger charge is -2.20. The normalized spacial score (nSPS) is 11.1. The number of quaternary nitrogens is 1. The zero-order chi connectivity index (χ0) is 10.8. The highest BCUT2D eigenvalue weighted by molar-refractivity contribution is 6.36. The van der Waals surface area contributed by atoms with Crippen LogP contribution >= 0.6 is 23.6 Å². The smallest absolute Gasteiger partial charge is 0.204 e. The van der Waals surface area contributed by atoms with E-state index in [2.05, 4.69) is 0 Å². The molecule has 3 nitrogen and oxygen atoms in total. The number of carbonyl (C=O) groups is 1. The first-order chi connectivity index (χ1) is 6.43. The van der Waals surface area contributed by atoms with E-state index in [4.69, 9.17) is 23.6 Å². The van der Waals surface area contributed by atoms with Gasteiger partial charge in [0.2, 0.25) is 0 Å². The number of carbonyl (C=O) groups excluding carboxylic acids is 1. The molecular formula is C9H11Cl2N2O+. The van der Waals surface area contributed by atoms with E-state index in [1.807, 2.05) is 6.07 Å². The maximum atomic E-state index is 11.6. The fourth-order valence-electron chi connectivity index (χ4n) is 0.878. The van der Waals surface area contributed by atoms with Crippen LogP contribution in [0.3, 0.4) is 0 Å². The van der Waals surface area contributed by atoms with Gasteiger partial charge in [-0.25, -0.2) is 4.79 Å². The molecule has 0 atom stereocenters. The molecule has 5 heteroatoms. The maximum absolute atomic E-state index is 11.6. The van der Waals surface area contributed by atoms with Gasteiger partial charge in [0.1, 0.15) is 0 Å². The second kappa shape index (κ2) is 4.17. The van der Waals surface area contributed by atoms with Crippen LogP contribution in [0.5, 0.6) is 0 Å². The van der Waals surface area contributed by atoms with E-state index < -0.39 is 6.03 Å². The van der Waals surface area contributed by atoms with Crippen molar-refractivity contribution in [2.75, 3.05) is 18.5 Å². The second-order valence-corrected chi connectivity index (χ2v) is 4.40. The number of anilines is 1. The summed E-state index contributed by atoms with van der Waals surface area (Å²) in [5, 5.41) is 0. The fourth-order valence-corrected chi connectivity index (χ4v) is 1.29. The van der Waals surface area contributed by atoms with Gasteiger partial charge in [-0.1, -0.05) is 18.2 Å². The van der Waals surface area contributed by atoms with Crippen molar-refractivity contribution in [2.24, 2.45) is 0 Å². The molecule has 0 spiro atoms. The number of nitrogens with zero attached hydrogens (tertiary/aromatic N) is 2. The molecule has 76 valence electrons. The van der Waals surface area contributed by atoms with Crippen molar-refractivity contribution in [1.82, 2.24) is 0 Å². The Morgan fingerprint density at radius 3 is 2.21 bits per heavy atom. The molecule has 0 unspecified atom stereocenters. The van der Waals surface area contributed by atoms with Crippen LogP contribution in [0.1, 0.15) is 0 Å². The van der Waals surface area contributed by atoms with Crippen molar-refractivity contribution in [2.45, 2.75) is 0 Å². The summed E-state index contributed by atoms with van der Waals surface area (Å²) in [7, 11) is 3.09. The summed E-state index contributed by atoms with van der Waals surface area (Å²) >= 11 is 11.6. The first-order valence-corrected chi connectivity index (χ1v) is 4.69. The SMILES string of the molecule is C[N+](C)(Cl)C(=O)N(Cl)c1ccccc1. The Labute approximate surface area is 93.2 Å². The number of rotatable bonds is 1. The van der Waals surface area contributed by atoms with Crippen LogP contribution in [0.15, 0.2) is 30.3 Å². The number of benzene rings is 1. The number of hydrogen-bond donors (Lipinski definition) is 0. The Bertz CT molecular complexity index is 321. The molecule has 0 heterocycles. The summed E-state index contributed by atoms with van der Waals surface area (Å²) in [5.41, 5.74) is 0.603. The molecule has 0 fully saturated rings. The highest BCUT2D eigenvalue weighted by Crippen LogP contribution is 2.20. The van der Waals surface area contributed by atoms with Crippen molar-refractivity contribution in [3.63, 3.8) is 0 Å². The van der Waals surface area contributed by atoms with Gasteiger partial charge in [0.25, 0.3) is 0 Å². The quantitative estimate of drug-likeness (QED) is 0.684. The number of amides is 2. The van der Waals surface area contributed by atoms with Crippen molar-refractivity contribution in [1.29, 1.82) is 0 Å². The summed E-state index contributed by atoms with van der Waals surface area (Å²) in [6, 6.07) is 8.51. The van der Waals surface area contributed by atoms with Gasteiger partial charge in [0.15, 0.2) is 11.8 Å². The van der Waals surface area contributed by atoms with E-state index in [9.17, 15) is 4.79 Å². The molecule has 0 saturated carbocycles. The Balaban J connectivity index is 2.87. The monoisotopic (exact) mass is 233 g/mol. The van der Waals surface area contributed by atoms with Crippen molar-refractivity contribution in [3.05, 3.63) is 30.3 Å². The Morgan fingerprint density at radius 1 is 1.29 bits per heavy atom. The molecule has 14 heavy (non-hydrogen) atoms. The third-order valence-electron chi connectivity index (χ3n) is 1.61. The molecule has 0 aliphatic rings. The van der Waals surface area contributed by atoms with Crippen LogP contribution in [0.2, 0.25) is 0 Å². The minimum Gasteiger partial charge on any atom is -0.204 e.